The highest BCUT2D eigenvalue weighted by Gasteiger charge is 2.07. The predicted octanol–water partition coefficient (Wildman–Crippen LogP) is 0.843. The summed E-state index contributed by atoms with van der Waals surface area (Å²) in [6.07, 6.45) is 1.54. The summed E-state index contributed by atoms with van der Waals surface area (Å²) < 4.78 is 0. The number of carboxylic acid groups (broad SMARTS) is 1. The van der Waals surface area contributed by atoms with Crippen LogP contribution in [0.1, 0.15) is 10.4 Å². The number of aromatic nitrogens is 2. The van der Waals surface area contributed by atoms with Crippen LogP contribution in [0.4, 0.5) is 5.69 Å². The lowest BCUT2D eigenvalue weighted by atomic mass is 10.1. The molecule has 2 rings (SSSR count). The third-order valence-electron chi connectivity index (χ3n) is 1.83. The molecule has 1 aromatic heterocycles. The molecule has 4 N–H and O–H groups in total. The van der Waals surface area contributed by atoms with Crippen LogP contribution < -0.4 is 5.73 Å². The molecule has 0 bridgehead atoms. The Hall–Kier alpha value is -2.04. The van der Waals surface area contributed by atoms with E-state index < -0.39 is 5.97 Å². The van der Waals surface area contributed by atoms with E-state index in [0.717, 1.165) is 0 Å². The Labute approximate surface area is 73.2 Å². The minimum absolute atomic E-state index is 0.173. The topological polar surface area (TPSA) is 92.0 Å². The molecule has 2 aromatic rings. The van der Waals surface area contributed by atoms with Gasteiger partial charge in [0, 0.05) is 5.39 Å². The number of aromatic carboxylic acids is 1. The van der Waals surface area contributed by atoms with Crippen LogP contribution in [-0.4, -0.2) is 21.3 Å². The van der Waals surface area contributed by atoms with Gasteiger partial charge in [-0.25, -0.2) is 4.79 Å². The van der Waals surface area contributed by atoms with E-state index in [4.69, 9.17) is 10.8 Å². The Morgan fingerprint density at radius 1 is 1.54 bits per heavy atom. The zero-order valence-electron chi connectivity index (χ0n) is 6.61. The molecule has 0 saturated carbocycles. The molecule has 0 fully saturated rings. The van der Waals surface area contributed by atoms with Crippen molar-refractivity contribution < 1.29 is 9.90 Å². The second-order valence-corrected chi connectivity index (χ2v) is 2.70. The Bertz CT molecular complexity index is 475. The molecule has 0 radical (unpaired) electrons. The standard InChI is InChI=1S/C8H7N3O2/c9-6-2-4(8(12)13)1-5-3-10-11-7(5)6/h1-3H,9H2,(H,10,11)(H,12,13). The first-order chi connectivity index (χ1) is 6.18. The maximum atomic E-state index is 10.6. The van der Waals surface area contributed by atoms with E-state index in [0.29, 0.717) is 16.6 Å². The van der Waals surface area contributed by atoms with E-state index in [1.54, 1.807) is 0 Å². The van der Waals surface area contributed by atoms with Crippen molar-refractivity contribution in [1.29, 1.82) is 0 Å². The minimum atomic E-state index is -0.991. The highest BCUT2D eigenvalue weighted by Crippen LogP contribution is 2.20. The van der Waals surface area contributed by atoms with Gasteiger partial charge in [0.25, 0.3) is 0 Å². The van der Waals surface area contributed by atoms with Gasteiger partial charge in [-0.1, -0.05) is 0 Å². The number of anilines is 1. The number of fused-ring (bicyclic) bond motifs is 1. The molecular weight excluding hydrogens is 170 g/mol. The van der Waals surface area contributed by atoms with Gasteiger partial charge in [0.2, 0.25) is 0 Å². The second kappa shape index (κ2) is 2.48. The van der Waals surface area contributed by atoms with E-state index in [1.165, 1.54) is 18.3 Å². The largest absolute Gasteiger partial charge is 0.478 e. The van der Waals surface area contributed by atoms with Crippen molar-refractivity contribution in [3.63, 3.8) is 0 Å². The molecule has 0 aliphatic carbocycles. The van der Waals surface area contributed by atoms with E-state index in [2.05, 4.69) is 10.2 Å². The summed E-state index contributed by atoms with van der Waals surface area (Å²) in [5.74, 6) is -0.991. The molecule has 0 atom stereocenters. The highest BCUT2D eigenvalue weighted by atomic mass is 16.4. The minimum Gasteiger partial charge on any atom is -0.478 e. The fourth-order valence-corrected chi connectivity index (χ4v) is 1.21. The average Bonchev–Trinajstić information content (AvgIpc) is 2.51. The second-order valence-electron chi connectivity index (χ2n) is 2.70. The van der Waals surface area contributed by atoms with Gasteiger partial charge in [-0.2, -0.15) is 5.10 Å². The summed E-state index contributed by atoms with van der Waals surface area (Å²) in [5, 5.41) is 15.9. The number of nitrogen functional groups attached to an aromatic ring is 1. The van der Waals surface area contributed by atoms with Gasteiger partial charge < -0.3 is 10.8 Å². The molecule has 5 heteroatoms. The molecular formula is C8H7N3O2. The number of nitrogens with zero attached hydrogens (tertiary/aromatic N) is 1. The monoisotopic (exact) mass is 177 g/mol. The molecule has 5 nitrogen and oxygen atoms in total. The van der Waals surface area contributed by atoms with Crippen LogP contribution >= 0.6 is 0 Å². The van der Waals surface area contributed by atoms with E-state index in [-0.39, 0.29) is 5.56 Å². The van der Waals surface area contributed by atoms with E-state index in [9.17, 15) is 4.79 Å². The number of aromatic amines is 1. The Morgan fingerprint density at radius 3 is 3.00 bits per heavy atom. The van der Waals surface area contributed by atoms with Gasteiger partial charge in [-0.3, -0.25) is 5.10 Å². The molecule has 0 spiro atoms. The van der Waals surface area contributed by atoms with Gasteiger partial charge >= 0.3 is 5.97 Å². The van der Waals surface area contributed by atoms with Crippen molar-refractivity contribution >= 4 is 22.6 Å². The summed E-state index contributed by atoms with van der Waals surface area (Å²) in [4.78, 5) is 10.6. The predicted molar refractivity (Wildman–Crippen MR) is 47.5 cm³/mol. The van der Waals surface area contributed by atoms with Gasteiger partial charge in [0.05, 0.1) is 23.0 Å². The fraction of sp³-hybridized carbons (Fsp3) is 0. The highest BCUT2D eigenvalue weighted by molar-refractivity contribution is 5.98. The van der Waals surface area contributed by atoms with Crippen molar-refractivity contribution in [3.8, 4) is 0 Å². The lowest BCUT2D eigenvalue weighted by Gasteiger charge is -1.98. The summed E-state index contributed by atoms with van der Waals surface area (Å²) in [7, 11) is 0. The van der Waals surface area contributed by atoms with Crippen LogP contribution in [0.5, 0.6) is 0 Å². The van der Waals surface area contributed by atoms with Crippen LogP contribution in [0.15, 0.2) is 18.3 Å². The van der Waals surface area contributed by atoms with Gasteiger partial charge in [-0.15, -0.1) is 0 Å². The summed E-state index contributed by atoms with van der Waals surface area (Å²) in [5.41, 5.74) is 6.84. The molecule has 0 aliphatic heterocycles. The molecule has 13 heavy (non-hydrogen) atoms. The van der Waals surface area contributed by atoms with Gasteiger partial charge in [-0.05, 0) is 12.1 Å². The number of H-pyrrole nitrogens is 1. The molecule has 0 aliphatic rings. The summed E-state index contributed by atoms with van der Waals surface area (Å²) in [6.45, 7) is 0. The number of benzene rings is 1. The van der Waals surface area contributed by atoms with Gasteiger partial charge in [0.15, 0.2) is 0 Å². The number of nitrogens with two attached hydrogens (primary N) is 1. The van der Waals surface area contributed by atoms with Crippen molar-refractivity contribution in [2.75, 3.05) is 5.73 Å². The molecule has 1 heterocycles. The quantitative estimate of drug-likeness (QED) is 0.563. The maximum Gasteiger partial charge on any atom is 0.335 e. The lowest BCUT2D eigenvalue weighted by molar-refractivity contribution is 0.0697. The van der Waals surface area contributed by atoms with Crippen LogP contribution in [0.2, 0.25) is 0 Å². The first-order valence-electron chi connectivity index (χ1n) is 3.64. The number of carbonyl (C=O) groups is 1. The average molecular weight is 177 g/mol. The zero-order valence-corrected chi connectivity index (χ0v) is 6.61. The number of carboxylic acids is 1. The Balaban J connectivity index is 2.77. The lowest BCUT2D eigenvalue weighted by Crippen LogP contribution is -1.98. The number of hydrogen-bond donors (Lipinski definition) is 3. The van der Waals surface area contributed by atoms with Crippen LogP contribution in [0.3, 0.4) is 0 Å². The third kappa shape index (κ3) is 1.10. The van der Waals surface area contributed by atoms with Crippen LogP contribution in [-0.2, 0) is 0 Å². The number of nitrogens with one attached hydrogen (secondary N) is 1. The molecule has 1 aromatic carbocycles. The van der Waals surface area contributed by atoms with Crippen molar-refractivity contribution in [2.24, 2.45) is 0 Å². The maximum absolute atomic E-state index is 10.6. The smallest absolute Gasteiger partial charge is 0.335 e. The van der Waals surface area contributed by atoms with E-state index in [1.807, 2.05) is 0 Å². The van der Waals surface area contributed by atoms with Crippen molar-refractivity contribution in [2.45, 2.75) is 0 Å². The third-order valence-corrected chi connectivity index (χ3v) is 1.83. The number of hydrogen-bond acceptors (Lipinski definition) is 3. The van der Waals surface area contributed by atoms with E-state index >= 15 is 0 Å². The molecule has 0 saturated heterocycles. The number of rotatable bonds is 1. The molecule has 0 amide bonds. The van der Waals surface area contributed by atoms with Crippen LogP contribution in [0, 0.1) is 0 Å². The Morgan fingerprint density at radius 2 is 2.31 bits per heavy atom. The summed E-state index contributed by atoms with van der Waals surface area (Å²) in [6, 6.07) is 2.93. The summed E-state index contributed by atoms with van der Waals surface area (Å²) >= 11 is 0. The zero-order chi connectivity index (χ0) is 9.42. The van der Waals surface area contributed by atoms with Crippen molar-refractivity contribution in [3.05, 3.63) is 23.9 Å². The SMILES string of the molecule is Nc1cc(C(=O)O)cc2cn[nH]c12. The first kappa shape index (κ1) is 7.60. The van der Waals surface area contributed by atoms with Crippen LogP contribution in [0.25, 0.3) is 10.9 Å². The van der Waals surface area contributed by atoms with Crippen molar-refractivity contribution in [1.82, 2.24) is 10.2 Å². The fourth-order valence-electron chi connectivity index (χ4n) is 1.21. The Kier molecular flexibility index (Phi) is 1.45. The normalized spacial score (nSPS) is 10.5. The molecule has 66 valence electrons. The first-order valence-corrected chi connectivity index (χ1v) is 3.64. The molecule has 0 unspecified atom stereocenters. The van der Waals surface area contributed by atoms with Gasteiger partial charge in [0.1, 0.15) is 0 Å².